The first-order valence-corrected chi connectivity index (χ1v) is 13.2. The zero-order chi connectivity index (χ0) is 24.5. The molecule has 3 rings (SSSR count). The molecule has 3 amide bonds. The van der Waals surface area contributed by atoms with Gasteiger partial charge in [-0.25, -0.2) is 0 Å². The van der Waals surface area contributed by atoms with Crippen molar-refractivity contribution in [1.29, 1.82) is 0 Å². The van der Waals surface area contributed by atoms with Gasteiger partial charge in [-0.05, 0) is 56.2 Å². The van der Waals surface area contributed by atoms with Crippen molar-refractivity contribution in [3.05, 3.63) is 59.1 Å². The van der Waals surface area contributed by atoms with Gasteiger partial charge in [-0.2, -0.15) is 0 Å². The fourth-order valence-electron chi connectivity index (χ4n) is 3.86. The SMILES string of the molecule is Cc1ccc(NC(=O)CS(=O)CC(=O)N(CC(=O)NC2CCCCC2)c2ccc(Cl)cc2)cc1. The van der Waals surface area contributed by atoms with Gasteiger partial charge in [0.25, 0.3) is 0 Å². The largest absolute Gasteiger partial charge is 0.352 e. The average molecular weight is 504 g/mol. The number of anilines is 2. The van der Waals surface area contributed by atoms with Crippen LogP contribution in [0.15, 0.2) is 48.5 Å². The number of benzene rings is 2. The maximum atomic E-state index is 13.0. The van der Waals surface area contributed by atoms with Crippen molar-refractivity contribution < 1.29 is 18.6 Å². The highest BCUT2D eigenvalue weighted by Crippen LogP contribution is 2.20. The lowest BCUT2D eigenvalue weighted by Crippen LogP contribution is -2.46. The van der Waals surface area contributed by atoms with Crippen LogP contribution in [0.4, 0.5) is 11.4 Å². The summed E-state index contributed by atoms with van der Waals surface area (Å²) >= 11 is 5.97. The maximum absolute atomic E-state index is 13.0. The first-order chi connectivity index (χ1) is 16.3. The van der Waals surface area contributed by atoms with Crippen molar-refractivity contribution >= 4 is 51.5 Å². The van der Waals surface area contributed by atoms with Crippen molar-refractivity contribution in [2.75, 3.05) is 28.3 Å². The van der Waals surface area contributed by atoms with Gasteiger partial charge < -0.3 is 15.5 Å². The predicted octanol–water partition coefficient (Wildman–Crippen LogP) is 3.82. The first kappa shape index (κ1) is 25.9. The Bertz CT molecular complexity index is 1020. The Morgan fingerprint density at radius 1 is 0.941 bits per heavy atom. The van der Waals surface area contributed by atoms with Crippen molar-refractivity contribution in [3.63, 3.8) is 0 Å². The number of hydrogen-bond donors (Lipinski definition) is 2. The number of carbonyl (C=O) groups excluding carboxylic acids is 3. The van der Waals surface area contributed by atoms with Crippen LogP contribution in [0.1, 0.15) is 37.7 Å². The minimum Gasteiger partial charge on any atom is -0.352 e. The molecular weight excluding hydrogens is 474 g/mol. The minimum atomic E-state index is -1.74. The molecule has 0 aliphatic heterocycles. The molecule has 2 N–H and O–H groups in total. The van der Waals surface area contributed by atoms with Gasteiger partial charge >= 0.3 is 0 Å². The quantitative estimate of drug-likeness (QED) is 0.543. The molecule has 2 aromatic rings. The smallest absolute Gasteiger partial charge is 0.240 e. The Hall–Kier alpha value is -2.71. The van der Waals surface area contributed by atoms with E-state index in [1.165, 1.54) is 11.3 Å². The van der Waals surface area contributed by atoms with E-state index >= 15 is 0 Å². The van der Waals surface area contributed by atoms with Gasteiger partial charge in [0, 0.05) is 33.2 Å². The fourth-order valence-corrected chi connectivity index (χ4v) is 4.88. The molecule has 182 valence electrons. The molecule has 0 radical (unpaired) electrons. The molecule has 1 aliphatic carbocycles. The second-order valence-corrected chi connectivity index (χ2v) is 10.4. The van der Waals surface area contributed by atoms with Crippen LogP contribution < -0.4 is 15.5 Å². The number of carbonyl (C=O) groups is 3. The summed E-state index contributed by atoms with van der Waals surface area (Å²) in [7, 11) is -1.74. The zero-order valence-corrected chi connectivity index (χ0v) is 20.8. The number of halogens is 1. The third-order valence-electron chi connectivity index (χ3n) is 5.62. The van der Waals surface area contributed by atoms with E-state index in [2.05, 4.69) is 10.6 Å². The normalized spacial score (nSPS) is 14.8. The molecule has 34 heavy (non-hydrogen) atoms. The van der Waals surface area contributed by atoms with E-state index in [-0.39, 0.29) is 30.0 Å². The van der Waals surface area contributed by atoms with Crippen LogP contribution in [0.2, 0.25) is 5.02 Å². The van der Waals surface area contributed by atoms with Gasteiger partial charge in [0.2, 0.25) is 17.7 Å². The van der Waals surface area contributed by atoms with Crippen LogP contribution in [-0.4, -0.2) is 46.0 Å². The molecule has 1 saturated carbocycles. The van der Waals surface area contributed by atoms with Crippen molar-refractivity contribution in [3.8, 4) is 0 Å². The third-order valence-corrected chi connectivity index (χ3v) is 7.03. The zero-order valence-electron chi connectivity index (χ0n) is 19.2. The van der Waals surface area contributed by atoms with Gasteiger partial charge in [-0.3, -0.25) is 18.6 Å². The highest BCUT2D eigenvalue weighted by atomic mass is 35.5. The monoisotopic (exact) mass is 503 g/mol. The molecule has 1 atom stereocenters. The third kappa shape index (κ3) is 8.25. The number of hydrogen-bond acceptors (Lipinski definition) is 4. The lowest BCUT2D eigenvalue weighted by Gasteiger charge is -2.26. The molecule has 0 bridgehead atoms. The molecule has 0 heterocycles. The molecule has 0 saturated heterocycles. The molecule has 2 aromatic carbocycles. The van der Waals surface area contributed by atoms with Gasteiger partial charge in [-0.15, -0.1) is 0 Å². The van der Waals surface area contributed by atoms with Gasteiger partial charge in [0.1, 0.15) is 18.1 Å². The van der Waals surface area contributed by atoms with E-state index in [1.54, 1.807) is 36.4 Å². The van der Waals surface area contributed by atoms with E-state index in [9.17, 15) is 18.6 Å². The van der Waals surface area contributed by atoms with Gasteiger partial charge in [0.05, 0.1) is 0 Å². The molecular formula is C25H30ClN3O4S. The van der Waals surface area contributed by atoms with Crippen LogP contribution >= 0.6 is 11.6 Å². The number of amides is 3. The van der Waals surface area contributed by atoms with Gasteiger partial charge in [0.15, 0.2) is 0 Å². The fraction of sp³-hybridized carbons (Fsp3) is 0.400. The Balaban J connectivity index is 1.61. The Kier molecular flexibility index (Phi) is 9.65. The number of rotatable bonds is 9. The minimum absolute atomic E-state index is 0.114. The molecule has 0 spiro atoms. The maximum Gasteiger partial charge on any atom is 0.240 e. The summed E-state index contributed by atoms with van der Waals surface area (Å²) in [6.45, 7) is 1.75. The second kappa shape index (κ2) is 12.7. The second-order valence-electron chi connectivity index (χ2n) is 8.50. The summed E-state index contributed by atoms with van der Waals surface area (Å²) in [6, 6.07) is 13.9. The first-order valence-electron chi connectivity index (χ1n) is 11.4. The van der Waals surface area contributed by atoms with E-state index in [0.29, 0.717) is 16.4 Å². The Morgan fingerprint density at radius 2 is 1.59 bits per heavy atom. The average Bonchev–Trinajstić information content (AvgIpc) is 2.80. The van der Waals surface area contributed by atoms with Crippen LogP contribution in [-0.2, 0) is 25.2 Å². The number of nitrogens with one attached hydrogen (secondary N) is 2. The van der Waals surface area contributed by atoms with Crippen molar-refractivity contribution in [2.45, 2.75) is 45.1 Å². The lowest BCUT2D eigenvalue weighted by molar-refractivity contribution is -0.123. The van der Waals surface area contributed by atoms with E-state index in [0.717, 1.165) is 31.2 Å². The van der Waals surface area contributed by atoms with Crippen molar-refractivity contribution in [1.82, 2.24) is 5.32 Å². The van der Waals surface area contributed by atoms with Crippen LogP contribution in [0.3, 0.4) is 0 Å². The molecule has 1 aliphatic rings. The summed E-state index contributed by atoms with van der Waals surface area (Å²) < 4.78 is 12.6. The lowest BCUT2D eigenvalue weighted by atomic mass is 9.95. The molecule has 1 unspecified atom stereocenters. The molecule has 1 fully saturated rings. The van der Waals surface area contributed by atoms with E-state index in [1.807, 2.05) is 19.1 Å². The van der Waals surface area contributed by atoms with Crippen molar-refractivity contribution in [2.24, 2.45) is 0 Å². The van der Waals surface area contributed by atoms with Gasteiger partial charge in [-0.1, -0.05) is 48.6 Å². The van der Waals surface area contributed by atoms with E-state index < -0.39 is 22.6 Å². The Morgan fingerprint density at radius 3 is 2.24 bits per heavy atom. The number of aryl methyl sites for hydroxylation is 1. The summed E-state index contributed by atoms with van der Waals surface area (Å²) in [5, 5.41) is 6.18. The Labute approximate surface area is 207 Å². The summed E-state index contributed by atoms with van der Waals surface area (Å²) in [4.78, 5) is 39.3. The van der Waals surface area contributed by atoms with E-state index in [4.69, 9.17) is 11.6 Å². The topological polar surface area (TPSA) is 95.6 Å². The summed E-state index contributed by atoms with van der Waals surface area (Å²) in [6.07, 6.45) is 5.19. The van der Waals surface area contributed by atoms with Crippen LogP contribution in [0.25, 0.3) is 0 Å². The molecule has 0 aromatic heterocycles. The molecule has 9 heteroatoms. The predicted molar refractivity (Wildman–Crippen MR) is 137 cm³/mol. The van der Waals surface area contributed by atoms with Crippen LogP contribution in [0, 0.1) is 6.92 Å². The van der Waals surface area contributed by atoms with Crippen LogP contribution in [0.5, 0.6) is 0 Å². The standard InChI is InChI=1S/C25H30ClN3O4S/c1-18-7-11-21(12-8-18)28-24(31)16-34(33)17-25(32)29(22-13-9-19(26)10-14-22)15-23(30)27-20-5-3-2-4-6-20/h7-14,20H,2-6,15-17H2,1H3,(H,27,30)(H,28,31). The number of nitrogens with zero attached hydrogens (tertiary/aromatic N) is 1. The molecule has 7 nitrogen and oxygen atoms in total. The highest BCUT2D eigenvalue weighted by Gasteiger charge is 2.24. The summed E-state index contributed by atoms with van der Waals surface area (Å²) in [5.74, 6) is -1.90. The summed E-state index contributed by atoms with van der Waals surface area (Å²) in [5.41, 5.74) is 2.14. The highest BCUT2D eigenvalue weighted by molar-refractivity contribution is 7.86.